The van der Waals surface area contributed by atoms with Gasteiger partial charge in [-0.05, 0) is 67.1 Å². The Hall–Kier alpha value is -3.19. The topological polar surface area (TPSA) is 71.4 Å². The first-order chi connectivity index (χ1) is 18.0. The van der Waals surface area contributed by atoms with Crippen LogP contribution < -0.4 is 4.74 Å². The number of aromatic hydroxyl groups is 1. The van der Waals surface area contributed by atoms with E-state index in [1.54, 1.807) is 12.1 Å². The molecule has 0 atom stereocenters. The second kappa shape index (κ2) is 11.9. The van der Waals surface area contributed by atoms with E-state index in [0.29, 0.717) is 17.9 Å². The predicted octanol–water partition coefficient (Wildman–Crippen LogP) is 6.58. The van der Waals surface area contributed by atoms with Crippen LogP contribution in [0.5, 0.6) is 11.8 Å². The minimum atomic E-state index is -0.164. The lowest BCUT2D eigenvalue weighted by atomic mass is 9.90. The summed E-state index contributed by atoms with van der Waals surface area (Å²) >= 11 is 12.0. The smallest absolute Gasteiger partial charge is 0.336 e. The summed E-state index contributed by atoms with van der Waals surface area (Å²) in [5.41, 5.74) is 4.87. The van der Waals surface area contributed by atoms with Crippen molar-refractivity contribution in [1.82, 2.24) is 20.1 Å². The van der Waals surface area contributed by atoms with Crippen molar-refractivity contribution >= 4 is 23.2 Å². The maximum atomic E-state index is 9.72. The summed E-state index contributed by atoms with van der Waals surface area (Å²) in [6.07, 6.45) is 5.22. The van der Waals surface area contributed by atoms with Crippen LogP contribution in [-0.4, -0.2) is 38.3 Å². The average Bonchev–Trinajstić information content (AvgIpc) is 2.93. The molecule has 5 rings (SSSR count). The summed E-state index contributed by atoms with van der Waals surface area (Å²) in [5.74, 6) is 0.614. The fourth-order valence-electron chi connectivity index (χ4n) is 4.62. The number of phenolic OH excluding ortho intramolecular Hbond substituents is 1. The maximum Gasteiger partial charge on any atom is 0.336 e. The molecule has 0 saturated carbocycles. The number of hydrogen-bond donors (Lipinski definition) is 1. The van der Waals surface area contributed by atoms with Crippen molar-refractivity contribution in [2.75, 3.05) is 13.1 Å². The lowest BCUT2D eigenvalue weighted by molar-refractivity contribution is 0.177. The van der Waals surface area contributed by atoms with Crippen LogP contribution in [0.25, 0.3) is 11.3 Å². The zero-order valence-electron chi connectivity index (χ0n) is 20.4. The number of aromatic nitrogens is 3. The first kappa shape index (κ1) is 25.5. The minimum absolute atomic E-state index is 0.139. The average molecular weight is 535 g/mol. The van der Waals surface area contributed by atoms with Gasteiger partial charge in [-0.25, -0.2) is 4.98 Å². The summed E-state index contributed by atoms with van der Waals surface area (Å²) in [6.45, 7) is 3.61. The van der Waals surface area contributed by atoms with E-state index in [1.807, 2.05) is 0 Å². The third kappa shape index (κ3) is 6.77. The van der Waals surface area contributed by atoms with Crippen molar-refractivity contribution in [2.24, 2.45) is 5.92 Å². The Kier molecular flexibility index (Phi) is 8.19. The molecule has 0 spiro atoms. The molecule has 0 amide bonds. The van der Waals surface area contributed by atoms with Gasteiger partial charge in [-0.3, -0.25) is 4.90 Å². The number of piperidine rings is 1. The van der Waals surface area contributed by atoms with E-state index < -0.39 is 0 Å². The zero-order valence-corrected chi connectivity index (χ0v) is 21.9. The van der Waals surface area contributed by atoms with E-state index in [1.165, 1.54) is 36.6 Å². The Morgan fingerprint density at radius 2 is 1.54 bits per heavy atom. The van der Waals surface area contributed by atoms with Gasteiger partial charge < -0.3 is 9.84 Å². The van der Waals surface area contributed by atoms with Crippen molar-refractivity contribution in [3.05, 3.63) is 99.7 Å². The van der Waals surface area contributed by atoms with Gasteiger partial charge in [-0.1, -0.05) is 82.9 Å². The molecule has 1 fully saturated rings. The van der Waals surface area contributed by atoms with Gasteiger partial charge in [-0.2, -0.15) is 0 Å². The van der Waals surface area contributed by atoms with Gasteiger partial charge in [0.25, 0.3) is 0 Å². The second-order valence-electron chi connectivity index (χ2n) is 9.43. The zero-order chi connectivity index (χ0) is 25.6. The number of phenols is 1. The van der Waals surface area contributed by atoms with E-state index in [-0.39, 0.29) is 21.8 Å². The molecule has 1 aliphatic rings. The van der Waals surface area contributed by atoms with Gasteiger partial charge in [0.15, 0.2) is 5.75 Å². The summed E-state index contributed by atoms with van der Waals surface area (Å²) in [6, 6.07) is 22.6. The molecule has 0 radical (unpaired) electrons. The van der Waals surface area contributed by atoms with Crippen LogP contribution >= 0.6 is 23.2 Å². The lowest BCUT2D eigenvalue weighted by Gasteiger charge is -2.32. The normalized spacial score (nSPS) is 14.5. The fourth-order valence-corrected chi connectivity index (χ4v) is 5.11. The fraction of sp³-hybridized carbons (Fsp3) is 0.276. The Labute approximate surface area is 226 Å². The van der Waals surface area contributed by atoms with Gasteiger partial charge in [0.1, 0.15) is 12.3 Å². The van der Waals surface area contributed by atoms with E-state index >= 15 is 0 Å². The molecule has 0 bridgehead atoms. The van der Waals surface area contributed by atoms with E-state index in [2.05, 4.69) is 74.7 Å². The summed E-state index contributed by atoms with van der Waals surface area (Å²) in [4.78, 5) is 6.77. The molecular weight excluding hydrogens is 507 g/mol. The molecule has 0 unspecified atom stereocenters. The van der Waals surface area contributed by atoms with Crippen molar-refractivity contribution in [3.63, 3.8) is 0 Å². The molecule has 1 saturated heterocycles. The number of hydrogen-bond acceptors (Lipinski definition) is 6. The predicted molar refractivity (Wildman–Crippen MR) is 146 cm³/mol. The first-order valence-corrected chi connectivity index (χ1v) is 13.1. The summed E-state index contributed by atoms with van der Waals surface area (Å²) < 4.78 is 5.71. The molecule has 0 aliphatic carbocycles. The van der Waals surface area contributed by atoms with Crippen LogP contribution in [0.15, 0.2) is 72.9 Å². The van der Waals surface area contributed by atoms with Crippen LogP contribution in [0.2, 0.25) is 10.0 Å². The SMILES string of the molecule is Oc1c(Cl)cc(-c2cnc(OCc3ccc(CN4CCC(Cc5ccccc5)CC4)cc3)nn2)cc1Cl. The summed E-state index contributed by atoms with van der Waals surface area (Å²) in [7, 11) is 0. The molecule has 1 aromatic heterocycles. The molecule has 6 nitrogen and oxygen atoms in total. The van der Waals surface area contributed by atoms with Crippen LogP contribution in [0.4, 0.5) is 0 Å². The molecule has 1 aliphatic heterocycles. The molecular formula is C29H28Cl2N4O2. The minimum Gasteiger partial charge on any atom is -0.505 e. The third-order valence-corrected chi connectivity index (χ3v) is 7.30. The molecule has 37 heavy (non-hydrogen) atoms. The van der Waals surface area contributed by atoms with Gasteiger partial charge in [0.2, 0.25) is 0 Å². The number of benzene rings is 3. The van der Waals surface area contributed by atoms with Crippen molar-refractivity contribution in [1.29, 1.82) is 0 Å². The van der Waals surface area contributed by atoms with Crippen LogP contribution in [0.3, 0.4) is 0 Å². The quantitative estimate of drug-likeness (QED) is 0.275. The highest BCUT2D eigenvalue weighted by molar-refractivity contribution is 6.37. The van der Waals surface area contributed by atoms with Gasteiger partial charge in [-0.15, -0.1) is 5.10 Å². The van der Waals surface area contributed by atoms with Crippen LogP contribution in [0.1, 0.15) is 29.5 Å². The largest absolute Gasteiger partial charge is 0.505 e. The Morgan fingerprint density at radius 1 is 0.865 bits per heavy atom. The Bertz CT molecular complexity index is 1290. The highest BCUT2D eigenvalue weighted by atomic mass is 35.5. The molecule has 3 aromatic carbocycles. The molecule has 8 heteroatoms. The Morgan fingerprint density at radius 3 is 2.19 bits per heavy atom. The highest BCUT2D eigenvalue weighted by Crippen LogP contribution is 2.35. The van der Waals surface area contributed by atoms with E-state index in [0.717, 1.165) is 31.1 Å². The second-order valence-corrected chi connectivity index (χ2v) is 10.2. The number of likely N-dealkylation sites (tertiary alicyclic amines) is 1. The number of ether oxygens (including phenoxy) is 1. The lowest BCUT2D eigenvalue weighted by Crippen LogP contribution is -2.33. The van der Waals surface area contributed by atoms with E-state index in [9.17, 15) is 5.11 Å². The highest BCUT2D eigenvalue weighted by Gasteiger charge is 2.19. The monoisotopic (exact) mass is 534 g/mol. The number of halogens is 2. The number of rotatable bonds is 8. The van der Waals surface area contributed by atoms with Gasteiger partial charge >= 0.3 is 6.01 Å². The standard InChI is InChI=1S/C29H28Cl2N4O2/c30-25-15-24(16-26(31)28(25)36)27-17-32-29(34-33-27)37-19-23-8-6-22(7-9-23)18-35-12-10-21(11-13-35)14-20-4-2-1-3-5-20/h1-9,15-17,21,36H,10-14,18-19H2. The van der Waals surface area contributed by atoms with E-state index in [4.69, 9.17) is 27.9 Å². The molecule has 1 N–H and O–H groups in total. The van der Waals surface area contributed by atoms with Crippen molar-refractivity contribution < 1.29 is 9.84 Å². The van der Waals surface area contributed by atoms with Gasteiger partial charge in [0.05, 0.1) is 16.2 Å². The van der Waals surface area contributed by atoms with Crippen LogP contribution in [0, 0.1) is 5.92 Å². The molecule has 2 heterocycles. The number of nitrogens with zero attached hydrogens (tertiary/aromatic N) is 4. The van der Waals surface area contributed by atoms with Crippen molar-refractivity contribution in [2.45, 2.75) is 32.4 Å². The molecule has 190 valence electrons. The maximum absolute atomic E-state index is 9.72. The third-order valence-electron chi connectivity index (χ3n) is 6.72. The van der Waals surface area contributed by atoms with Crippen molar-refractivity contribution in [3.8, 4) is 23.0 Å². The van der Waals surface area contributed by atoms with Gasteiger partial charge in [0, 0.05) is 12.1 Å². The van der Waals surface area contributed by atoms with Crippen LogP contribution in [-0.2, 0) is 19.6 Å². The first-order valence-electron chi connectivity index (χ1n) is 12.4. The summed E-state index contributed by atoms with van der Waals surface area (Å²) in [5, 5.41) is 18.2. The molecule has 4 aromatic rings. The Balaban J connectivity index is 1.08.